The van der Waals surface area contributed by atoms with Crippen molar-refractivity contribution in [2.75, 3.05) is 0 Å². The van der Waals surface area contributed by atoms with Crippen molar-refractivity contribution < 1.29 is 18.3 Å². The molecule has 0 aliphatic carbocycles. The first-order valence-corrected chi connectivity index (χ1v) is 5.49. The molecule has 0 unspecified atom stereocenters. The number of aromatic nitrogens is 1. The molecule has 1 rings (SSSR count). The lowest BCUT2D eigenvalue weighted by Gasteiger charge is -2.10. The molecular formula is C10H11F2NO2S. The maximum absolute atomic E-state index is 12.2. The molecule has 0 aromatic carbocycles. The molecule has 0 saturated heterocycles. The van der Waals surface area contributed by atoms with Crippen LogP contribution in [0.3, 0.4) is 0 Å². The number of rotatable bonds is 4. The Bertz CT molecular complexity index is 372. The lowest BCUT2D eigenvalue weighted by atomic mass is 10.3. The van der Waals surface area contributed by atoms with Crippen LogP contribution in [-0.4, -0.2) is 22.8 Å². The van der Waals surface area contributed by atoms with Crippen LogP contribution >= 0.6 is 11.8 Å². The van der Waals surface area contributed by atoms with Gasteiger partial charge in [0.25, 0.3) is 5.76 Å². The third kappa shape index (κ3) is 3.77. The summed E-state index contributed by atoms with van der Waals surface area (Å²) < 4.78 is 29.3. The Morgan fingerprint density at radius 1 is 1.50 bits per heavy atom. The molecule has 6 heteroatoms. The van der Waals surface area contributed by atoms with Gasteiger partial charge in [-0.3, -0.25) is 0 Å². The van der Waals surface area contributed by atoms with Crippen molar-refractivity contribution in [2.24, 2.45) is 0 Å². The molecule has 0 amide bonds. The SMILES string of the molecule is CC(C)OC(=O)c1cccnc1SC(F)F. The van der Waals surface area contributed by atoms with Crippen molar-refractivity contribution in [3.05, 3.63) is 23.9 Å². The van der Waals surface area contributed by atoms with E-state index in [9.17, 15) is 13.6 Å². The van der Waals surface area contributed by atoms with Gasteiger partial charge in [0.2, 0.25) is 0 Å². The van der Waals surface area contributed by atoms with Gasteiger partial charge in [0.1, 0.15) is 5.03 Å². The molecule has 0 spiro atoms. The van der Waals surface area contributed by atoms with Crippen LogP contribution in [-0.2, 0) is 4.74 Å². The predicted octanol–water partition coefficient (Wildman–Crippen LogP) is 2.96. The average Bonchev–Trinajstić information content (AvgIpc) is 2.16. The van der Waals surface area contributed by atoms with Gasteiger partial charge in [-0.25, -0.2) is 9.78 Å². The first-order chi connectivity index (χ1) is 7.50. The molecule has 0 atom stereocenters. The summed E-state index contributed by atoms with van der Waals surface area (Å²) in [6.07, 6.45) is 1.06. The molecule has 0 radical (unpaired) electrons. The molecule has 3 nitrogen and oxygen atoms in total. The summed E-state index contributed by atoms with van der Waals surface area (Å²) in [6, 6.07) is 2.93. The maximum Gasteiger partial charge on any atom is 0.341 e. The summed E-state index contributed by atoms with van der Waals surface area (Å²) in [5, 5.41) is -0.0110. The molecule has 0 saturated carbocycles. The standard InChI is InChI=1S/C10H11F2NO2S/c1-6(2)15-9(14)7-4-3-5-13-8(7)16-10(11)12/h3-6,10H,1-2H3. The molecular weight excluding hydrogens is 236 g/mol. The lowest BCUT2D eigenvalue weighted by molar-refractivity contribution is 0.0373. The first kappa shape index (κ1) is 12.9. The number of halogens is 2. The highest BCUT2D eigenvalue weighted by atomic mass is 32.2. The van der Waals surface area contributed by atoms with Crippen LogP contribution in [0.4, 0.5) is 8.78 Å². The van der Waals surface area contributed by atoms with E-state index in [0.29, 0.717) is 0 Å². The molecule has 1 heterocycles. The van der Waals surface area contributed by atoms with E-state index in [1.165, 1.54) is 18.3 Å². The Hall–Kier alpha value is -1.17. The summed E-state index contributed by atoms with van der Waals surface area (Å²) in [4.78, 5) is 15.3. The van der Waals surface area contributed by atoms with Crippen molar-refractivity contribution in [1.29, 1.82) is 0 Å². The van der Waals surface area contributed by atoms with Crippen LogP contribution < -0.4 is 0 Å². The molecule has 1 aromatic heterocycles. The minimum absolute atomic E-state index is 0.0110. The molecule has 0 aliphatic heterocycles. The zero-order valence-corrected chi connectivity index (χ0v) is 9.63. The highest BCUT2D eigenvalue weighted by molar-refractivity contribution is 7.99. The fourth-order valence-electron chi connectivity index (χ4n) is 1.00. The smallest absolute Gasteiger partial charge is 0.341 e. The van der Waals surface area contributed by atoms with E-state index in [-0.39, 0.29) is 28.5 Å². The van der Waals surface area contributed by atoms with Crippen LogP contribution in [0.5, 0.6) is 0 Å². The predicted molar refractivity (Wildman–Crippen MR) is 56.6 cm³/mol. The second-order valence-corrected chi connectivity index (χ2v) is 4.17. The normalized spacial score (nSPS) is 10.9. The fourth-order valence-corrected chi connectivity index (χ4v) is 1.57. The highest BCUT2D eigenvalue weighted by Crippen LogP contribution is 2.26. The number of esters is 1. The van der Waals surface area contributed by atoms with Gasteiger partial charge >= 0.3 is 5.97 Å². The van der Waals surface area contributed by atoms with E-state index in [4.69, 9.17) is 4.74 Å². The maximum atomic E-state index is 12.2. The largest absolute Gasteiger partial charge is 0.459 e. The highest BCUT2D eigenvalue weighted by Gasteiger charge is 2.18. The van der Waals surface area contributed by atoms with E-state index >= 15 is 0 Å². The molecule has 0 bridgehead atoms. The summed E-state index contributed by atoms with van der Waals surface area (Å²) >= 11 is 0.235. The third-order valence-electron chi connectivity index (χ3n) is 1.53. The molecule has 0 fully saturated rings. The van der Waals surface area contributed by atoms with Crippen LogP contribution in [0.1, 0.15) is 24.2 Å². The van der Waals surface area contributed by atoms with Crippen LogP contribution in [0.25, 0.3) is 0 Å². The molecule has 0 aliphatic rings. The quantitative estimate of drug-likeness (QED) is 0.605. The minimum atomic E-state index is -2.61. The van der Waals surface area contributed by atoms with Crippen LogP contribution in [0, 0.1) is 0 Å². The average molecular weight is 247 g/mol. The third-order valence-corrected chi connectivity index (χ3v) is 2.26. The van der Waals surface area contributed by atoms with Crippen molar-refractivity contribution in [3.63, 3.8) is 0 Å². The van der Waals surface area contributed by atoms with Gasteiger partial charge in [0, 0.05) is 6.20 Å². The van der Waals surface area contributed by atoms with Crippen molar-refractivity contribution >= 4 is 17.7 Å². The molecule has 1 aromatic rings. The fraction of sp³-hybridized carbons (Fsp3) is 0.400. The van der Waals surface area contributed by atoms with Gasteiger partial charge in [0.05, 0.1) is 11.7 Å². The zero-order chi connectivity index (χ0) is 12.1. The summed E-state index contributed by atoms with van der Waals surface area (Å²) in [6.45, 7) is 3.38. The number of hydrogen-bond donors (Lipinski definition) is 0. The molecule has 88 valence electrons. The van der Waals surface area contributed by atoms with Crippen molar-refractivity contribution in [2.45, 2.75) is 30.7 Å². The number of nitrogens with zero attached hydrogens (tertiary/aromatic N) is 1. The number of hydrogen-bond acceptors (Lipinski definition) is 4. The lowest BCUT2D eigenvalue weighted by Crippen LogP contribution is -2.13. The van der Waals surface area contributed by atoms with E-state index in [1.807, 2.05) is 0 Å². The Kier molecular flexibility index (Phi) is 4.67. The van der Waals surface area contributed by atoms with Crippen LogP contribution in [0.15, 0.2) is 23.4 Å². The number of alkyl halides is 2. The Labute approximate surface area is 96.2 Å². The van der Waals surface area contributed by atoms with E-state index in [2.05, 4.69) is 4.98 Å². The number of pyridine rings is 1. The van der Waals surface area contributed by atoms with Gasteiger partial charge in [-0.05, 0) is 37.7 Å². The summed E-state index contributed by atoms with van der Waals surface area (Å²) in [5.74, 6) is -3.24. The Morgan fingerprint density at radius 2 is 2.19 bits per heavy atom. The van der Waals surface area contributed by atoms with Crippen LogP contribution in [0.2, 0.25) is 0 Å². The molecule has 0 N–H and O–H groups in total. The Morgan fingerprint density at radius 3 is 2.75 bits per heavy atom. The van der Waals surface area contributed by atoms with Gasteiger partial charge < -0.3 is 4.74 Å². The van der Waals surface area contributed by atoms with Gasteiger partial charge in [-0.1, -0.05) is 0 Å². The van der Waals surface area contributed by atoms with E-state index in [0.717, 1.165) is 0 Å². The zero-order valence-electron chi connectivity index (χ0n) is 8.81. The summed E-state index contributed by atoms with van der Waals surface area (Å²) in [5.41, 5.74) is 0.0708. The van der Waals surface area contributed by atoms with E-state index in [1.54, 1.807) is 13.8 Å². The first-order valence-electron chi connectivity index (χ1n) is 4.61. The molecule has 16 heavy (non-hydrogen) atoms. The number of carbonyl (C=O) groups is 1. The van der Waals surface area contributed by atoms with Gasteiger partial charge in [-0.2, -0.15) is 8.78 Å². The van der Waals surface area contributed by atoms with E-state index < -0.39 is 11.7 Å². The van der Waals surface area contributed by atoms with Crippen molar-refractivity contribution in [3.8, 4) is 0 Å². The van der Waals surface area contributed by atoms with Gasteiger partial charge in [0.15, 0.2) is 0 Å². The van der Waals surface area contributed by atoms with Crippen molar-refractivity contribution in [1.82, 2.24) is 4.98 Å². The number of ether oxygens (including phenoxy) is 1. The second kappa shape index (κ2) is 5.79. The Balaban J connectivity index is 2.89. The van der Waals surface area contributed by atoms with Gasteiger partial charge in [-0.15, -0.1) is 0 Å². The monoisotopic (exact) mass is 247 g/mol. The number of carbonyl (C=O) groups excluding carboxylic acids is 1. The number of thioether (sulfide) groups is 1. The second-order valence-electron chi connectivity index (χ2n) is 3.19. The topological polar surface area (TPSA) is 39.2 Å². The minimum Gasteiger partial charge on any atom is -0.459 e. The summed E-state index contributed by atoms with van der Waals surface area (Å²) in [7, 11) is 0.